The van der Waals surface area contributed by atoms with E-state index in [9.17, 15) is 34.8 Å². The van der Waals surface area contributed by atoms with Gasteiger partial charge in [0.2, 0.25) is 0 Å². The van der Waals surface area contributed by atoms with Crippen LogP contribution in [0, 0.1) is 17.7 Å². The highest BCUT2D eigenvalue weighted by molar-refractivity contribution is 7.91. The first-order valence-electron chi connectivity index (χ1n) is 14.3. The molecule has 2 N–H and O–H groups in total. The SMILES string of the molecule is O=S1(=O)CCC(Nc2cccc3c(CC(F)(F)F)c(C#CCNc4cc(F)c(N5CCOCC5)cc4OCC(F)(F)F)sc23)CC1. The number of benzene rings is 2. The maximum absolute atomic E-state index is 15.1. The number of thiophene rings is 1. The lowest BCUT2D eigenvalue weighted by molar-refractivity contribution is -0.153. The molecule has 0 unspecified atom stereocenters. The van der Waals surface area contributed by atoms with Crippen LogP contribution in [0.3, 0.4) is 0 Å². The minimum absolute atomic E-state index is 0.0232. The fourth-order valence-corrected chi connectivity index (χ4v) is 7.95. The molecule has 16 heteroatoms. The summed E-state index contributed by atoms with van der Waals surface area (Å²) in [6.45, 7) is -0.530. The molecule has 2 fully saturated rings. The van der Waals surface area contributed by atoms with Crippen LogP contribution in [0.25, 0.3) is 10.1 Å². The van der Waals surface area contributed by atoms with Crippen molar-refractivity contribution in [1.29, 1.82) is 0 Å². The van der Waals surface area contributed by atoms with Crippen molar-refractivity contribution in [3.63, 3.8) is 0 Å². The average molecular weight is 694 g/mol. The van der Waals surface area contributed by atoms with E-state index < -0.39 is 41.0 Å². The Morgan fingerprint density at radius 3 is 2.41 bits per heavy atom. The van der Waals surface area contributed by atoms with Gasteiger partial charge in [-0.3, -0.25) is 0 Å². The first kappa shape index (κ1) is 33.9. The van der Waals surface area contributed by atoms with Crippen LogP contribution in [0.5, 0.6) is 5.75 Å². The minimum atomic E-state index is -4.65. The molecule has 0 radical (unpaired) electrons. The summed E-state index contributed by atoms with van der Waals surface area (Å²) in [7, 11) is -3.10. The molecule has 2 saturated heterocycles. The highest BCUT2D eigenvalue weighted by Crippen LogP contribution is 2.40. The van der Waals surface area contributed by atoms with Crippen molar-refractivity contribution in [3.05, 3.63) is 46.6 Å². The molecule has 1 aromatic heterocycles. The van der Waals surface area contributed by atoms with Gasteiger partial charge >= 0.3 is 12.4 Å². The number of halogens is 7. The van der Waals surface area contributed by atoms with Gasteiger partial charge in [0, 0.05) is 31.3 Å². The maximum atomic E-state index is 15.1. The Balaban J connectivity index is 1.39. The predicted octanol–water partition coefficient (Wildman–Crippen LogP) is 6.38. The van der Waals surface area contributed by atoms with Gasteiger partial charge in [0.1, 0.15) is 21.4 Å². The monoisotopic (exact) mass is 693 g/mol. The Kier molecular flexibility index (Phi) is 10.1. The van der Waals surface area contributed by atoms with E-state index in [1.807, 2.05) is 0 Å². The lowest BCUT2D eigenvalue weighted by Gasteiger charge is -2.30. The van der Waals surface area contributed by atoms with E-state index in [1.165, 1.54) is 6.07 Å². The number of hydrogen-bond acceptors (Lipinski definition) is 8. The van der Waals surface area contributed by atoms with E-state index >= 15 is 4.39 Å². The summed E-state index contributed by atoms with van der Waals surface area (Å²) in [5.74, 6) is 4.55. The first-order chi connectivity index (χ1) is 21.7. The summed E-state index contributed by atoms with van der Waals surface area (Å²) in [6.07, 6.45) is -9.67. The summed E-state index contributed by atoms with van der Waals surface area (Å²) in [6, 6.07) is 6.91. The van der Waals surface area contributed by atoms with Gasteiger partial charge in [0.15, 0.2) is 6.61 Å². The van der Waals surface area contributed by atoms with Gasteiger partial charge < -0.3 is 25.0 Å². The molecular formula is C30H30F7N3O4S2. The zero-order chi connectivity index (χ0) is 33.1. The van der Waals surface area contributed by atoms with Crippen molar-refractivity contribution in [2.45, 2.75) is 37.7 Å². The Labute approximate surface area is 265 Å². The van der Waals surface area contributed by atoms with Crippen LogP contribution in [0.2, 0.25) is 0 Å². The number of nitrogens with one attached hydrogen (secondary N) is 2. The zero-order valence-electron chi connectivity index (χ0n) is 24.3. The van der Waals surface area contributed by atoms with Gasteiger partial charge in [-0.25, -0.2) is 12.8 Å². The Morgan fingerprint density at radius 2 is 1.74 bits per heavy atom. The van der Waals surface area contributed by atoms with Crippen LogP contribution in [0.4, 0.5) is 47.8 Å². The normalized spacial score (nSPS) is 17.4. The maximum Gasteiger partial charge on any atom is 0.422 e. The summed E-state index contributed by atoms with van der Waals surface area (Å²) >= 11 is 1.05. The molecule has 2 aliphatic heterocycles. The summed E-state index contributed by atoms with van der Waals surface area (Å²) in [5, 5.41) is 6.37. The molecule has 3 aromatic rings. The molecule has 0 atom stereocenters. The third kappa shape index (κ3) is 8.89. The van der Waals surface area contributed by atoms with Crippen molar-refractivity contribution in [3.8, 4) is 17.6 Å². The number of fused-ring (bicyclic) bond motifs is 1. The van der Waals surface area contributed by atoms with E-state index in [-0.39, 0.29) is 51.7 Å². The fourth-order valence-electron chi connectivity index (χ4n) is 5.29. The lowest BCUT2D eigenvalue weighted by atomic mass is 10.1. The van der Waals surface area contributed by atoms with Gasteiger partial charge in [0.05, 0.1) is 64.3 Å². The first-order valence-corrected chi connectivity index (χ1v) is 17.0. The van der Waals surface area contributed by atoms with Gasteiger partial charge in [-0.1, -0.05) is 24.0 Å². The fraction of sp³-hybridized carbons (Fsp3) is 0.467. The molecule has 0 amide bonds. The molecule has 0 spiro atoms. The van der Waals surface area contributed by atoms with Gasteiger partial charge in [-0.15, -0.1) is 11.3 Å². The van der Waals surface area contributed by atoms with Crippen molar-refractivity contribution < 1.29 is 48.6 Å². The van der Waals surface area contributed by atoms with Crippen molar-refractivity contribution in [2.75, 3.05) is 66.5 Å². The van der Waals surface area contributed by atoms with Crippen LogP contribution in [0.15, 0.2) is 30.3 Å². The second-order valence-corrected chi connectivity index (χ2v) is 14.2. The van der Waals surface area contributed by atoms with Crippen molar-refractivity contribution in [1.82, 2.24) is 0 Å². The second kappa shape index (κ2) is 13.7. The standard InChI is InChI=1S/C30H30F7N3O4S2/c31-22-15-24(26(44-18-30(35,36)37)16-25(22)40-9-11-43-12-10-40)38-8-2-5-27-21(17-29(32,33)34)20-3-1-4-23(28(20)45-27)39-19-6-13-46(41,42)14-7-19/h1,3-4,15-16,19,38-39H,6-14,17-18H2. The molecule has 7 nitrogen and oxygen atoms in total. The second-order valence-electron chi connectivity index (χ2n) is 10.9. The summed E-state index contributed by atoms with van der Waals surface area (Å²) in [5.41, 5.74) is 0.507. The largest absolute Gasteiger partial charge is 0.482 e. The molecule has 0 saturated carbocycles. The van der Waals surface area contributed by atoms with E-state index in [4.69, 9.17) is 9.47 Å². The molecule has 5 rings (SSSR count). The number of sulfone groups is 1. The topological polar surface area (TPSA) is 79.9 Å². The summed E-state index contributed by atoms with van der Waals surface area (Å²) < 4.78 is 129. The number of hydrogen-bond donors (Lipinski definition) is 2. The molecular weight excluding hydrogens is 663 g/mol. The van der Waals surface area contributed by atoms with Gasteiger partial charge in [-0.05, 0) is 29.9 Å². The Morgan fingerprint density at radius 1 is 1.02 bits per heavy atom. The number of ether oxygens (including phenoxy) is 2. The highest BCUT2D eigenvalue weighted by Gasteiger charge is 2.32. The lowest BCUT2D eigenvalue weighted by Crippen LogP contribution is -2.36. The van der Waals surface area contributed by atoms with Crippen molar-refractivity contribution in [2.24, 2.45) is 0 Å². The molecule has 3 heterocycles. The quantitative estimate of drug-likeness (QED) is 0.210. The van der Waals surface area contributed by atoms with Crippen LogP contribution in [0.1, 0.15) is 23.3 Å². The Hall–Kier alpha value is -3.42. The van der Waals surface area contributed by atoms with E-state index in [2.05, 4.69) is 22.5 Å². The predicted molar refractivity (Wildman–Crippen MR) is 163 cm³/mol. The number of nitrogens with zero attached hydrogens (tertiary/aromatic N) is 1. The molecule has 250 valence electrons. The Bertz CT molecular complexity index is 1710. The van der Waals surface area contributed by atoms with Crippen LogP contribution < -0.4 is 20.3 Å². The van der Waals surface area contributed by atoms with Crippen LogP contribution in [-0.4, -0.2) is 77.8 Å². The number of anilines is 3. The van der Waals surface area contributed by atoms with Crippen molar-refractivity contribution >= 4 is 48.3 Å². The van der Waals surface area contributed by atoms with E-state index in [1.54, 1.807) is 23.1 Å². The minimum Gasteiger partial charge on any atom is -0.482 e. The molecule has 2 aliphatic rings. The van der Waals surface area contributed by atoms with Gasteiger partial charge in [0.25, 0.3) is 0 Å². The third-order valence-corrected chi connectivity index (χ3v) is 10.4. The van der Waals surface area contributed by atoms with E-state index in [0.29, 0.717) is 54.9 Å². The highest BCUT2D eigenvalue weighted by atomic mass is 32.2. The average Bonchev–Trinajstić information content (AvgIpc) is 3.32. The third-order valence-electron chi connectivity index (χ3n) is 7.47. The van der Waals surface area contributed by atoms with Crippen LogP contribution >= 0.6 is 11.3 Å². The molecule has 0 aliphatic carbocycles. The molecule has 46 heavy (non-hydrogen) atoms. The smallest absolute Gasteiger partial charge is 0.422 e. The summed E-state index contributed by atoms with van der Waals surface area (Å²) in [4.78, 5) is 1.78. The molecule has 0 bridgehead atoms. The zero-order valence-corrected chi connectivity index (χ0v) is 25.9. The number of morpholine rings is 1. The number of rotatable bonds is 8. The number of alkyl halides is 6. The van der Waals surface area contributed by atoms with E-state index in [0.717, 1.165) is 17.4 Å². The molecule has 2 aromatic carbocycles. The van der Waals surface area contributed by atoms with Crippen LogP contribution in [-0.2, 0) is 21.0 Å². The van der Waals surface area contributed by atoms with Gasteiger partial charge in [-0.2, -0.15) is 26.3 Å².